The van der Waals surface area contributed by atoms with Crippen molar-refractivity contribution in [1.29, 1.82) is 0 Å². The molecule has 0 amide bonds. The first-order chi connectivity index (χ1) is 7.56. The quantitative estimate of drug-likeness (QED) is 0.584. The van der Waals surface area contributed by atoms with E-state index >= 15 is 0 Å². The maximum Gasteiger partial charge on any atom is 0.298 e. The molecule has 0 spiro atoms. The molecule has 0 saturated carbocycles. The Morgan fingerprint density at radius 3 is 2.50 bits per heavy atom. The van der Waals surface area contributed by atoms with Crippen LogP contribution in [0.25, 0.3) is 0 Å². The van der Waals surface area contributed by atoms with Gasteiger partial charge >= 0.3 is 0 Å². The first-order valence-corrected chi connectivity index (χ1v) is 7.03. The Morgan fingerprint density at radius 2 is 1.94 bits per heavy atom. The van der Waals surface area contributed by atoms with Crippen molar-refractivity contribution in [2.45, 2.75) is 36.6 Å². The summed E-state index contributed by atoms with van der Waals surface area (Å²) in [5, 5.41) is 0. The third-order valence-electron chi connectivity index (χ3n) is 2.05. The van der Waals surface area contributed by atoms with E-state index in [1.165, 1.54) is 12.1 Å². The Labute approximate surface area is 102 Å². The Bertz CT molecular complexity index is 402. The van der Waals surface area contributed by atoms with Gasteiger partial charge in [0.2, 0.25) is 0 Å². The second-order valence-electron chi connectivity index (χ2n) is 3.42. The molecule has 16 heavy (non-hydrogen) atoms. The second-order valence-corrected chi connectivity index (χ2v) is 5.47. The zero-order chi connectivity index (χ0) is 12.0. The van der Waals surface area contributed by atoms with Crippen LogP contribution < -0.4 is 0 Å². The van der Waals surface area contributed by atoms with Crippen molar-refractivity contribution in [2.24, 2.45) is 0 Å². The predicted octanol–water partition coefficient (Wildman–Crippen LogP) is 3.15. The topological polar surface area (TPSA) is 43.4 Å². The fourth-order valence-corrected chi connectivity index (χ4v) is 2.61. The highest BCUT2D eigenvalue weighted by atomic mass is 35.5. The fraction of sp³-hybridized carbons (Fsp3) is 0.455. The van der Waals surface area contributed by atoms with E-state index in [4.69, 9.17) is 15.8 Å². The molecule has 90 valence electrons. The van der Waals surface area contributed by atoms with E-state index in [0.29, 0.717) is 6.42 Å². The van der Waals surface area contributed by atoms with Crippen molar-refractivity contribution in [3.63, 3.8) is 0 Å². The molecular weight excluding hydrogens is 248 g/mol. The zero-order valence-electron chi connectivity index (χ0n) is 9.10. The molecule has 0 radical (unpaired) electrons. The average Bonchev–Trinajstić information content (AvgIpc) is 2.27. The summed E-state index contributed by atoms with van der Waals surface area (Å²) < 4.78 is 28.3. The highest BCUT2D eigenvalue weighted by molar-refractivity contribution is 7.86. The lowest BCUT2D eigenvalue weighted by molar-refractivity contribution is 0.271. The van der Waals surface area contributed by atoms with Crippen LogP contribution in [-0.2, 0) is 14.3 Å². The summed E-state index contributed by atoms with van der Waals surface area (Å²) >= 11 is 5.79. The molecule has 5 heteroatoms. The highest BCUT2D eigenvalue weighted by Gasteiger charge is 2.19. The summed E-state index contributed by atoms with van der Waals surface area (Å²) in [6, 6.07) is 8.00. The van der Waals surface area contributed by atoms with Gasteiger partial charge < -0.3 is 0 Å². The van der Waals surface area contributed by atoms with Crippen molar-refractivity contribution < 1.29 is 12.6 Å². The first-order valence-electron chi connectivity index (χ1n) is 5.18. The van der Waals surface area contributed by atoms with E-state index in [2.05, 4.69) is 0 Å². The standard InChI is InChI=1S/C11H15ClO3S/c1-2-3-9-11(12)15-16(13,14)10-7-5-4-6-8-10/h4-8,11H,2-3,9H2,1H3. The number of alkyl halides is 1. The lowest BCUT2D eigenvalue weighted by Crippen LogP contribution is -2.13. The predicted molar refractivity (Wildman–Crippen MR) is 63.9 cm³/mol. The normalized spacial score (nSPS) is 13.6. The summed E-state index contributed by atoms with van der Waals surface area (Å²) in [6.45, 7) is 2.01. The van der Waals surface area contributed by atoms with E-state index < -0.39 is 15.7 Å². The van der Waals surface area contributed by atoms with Crippen LogP contribution in [0.1, 0.15) is 26.2 Å². The van der Waals surface area contributed by atoms with E-state index in [0.717, 1.165) is 12.8 Å². The summed E-state index contributed by atoms with van der Waals surface area (Å²) in [5.41, 5.74) is -0.787. The molecule has 0 bridgehead atoms. The number of hydrogen-bond donors (Lipinski definition) is 0. The van der Waals surface area contributed by atoms with E-state index in [1.54, 1.807) is 18.2 Å². The monoisotopic (exact) mass is 262 g/mol. The smallest absolute Gasteiger partial charge is 0.247 e. The molecule has 0 saturated heterocycles. The van der Waals surface area contributed by atoms with Crippen LogP contribution in [0.4, 0.5) is 0 Å². The molecule has 1 atom stereocenters. The lowest BCUT2D eigenvalue weighted by atomic mass is 10.3. The van der Waals surface area contributed by atoms with Crippen molar-refractivity contribution in [3.05, 3.63) is 30.3 Å². The molecule has 1 rings (SSSR count). The molecule has 1 aromatic carbocycles. The van der Waals surface area contributed by atoms with Gasteiger partial charge in [-0.3, -0.25) is 0 Å². The number of benzene rings is 1. The molecule has 1 aromatic rings. The lowest BCUT2D eigenvalue weighted by Gasteiger charge is -2.10. The molecule has 0 N–H and O–H groups in total. The molecule has 0 aromatic heterocycles. The van der Waals surface area contributed by atoms with Gasteiger partial charge in [-0.25, -0.2) is 4.18 Å². The minimum absolute atomic E-state index is 0.136. The van der Waals surface area contributed by atoms with Crippen LogP contribution in [0.3, 0.4) is 0 Å². The van der Waals surface area contributed by atoms with E-state index in [-0.39, 0.29) is 4.90 Å². The SMILES string of the molecule is CCCCC(Cl)OS(=O)(=O)c1ccccc1. The van der Waals surface area contributed by atoms with E-state index in [1.807, 2.05) is 6.92 Å². The van der Waals surface area contributed by atoms with Gasteiger partial charge in [-0.2, -0.15) is 8.42 Å². The average molecular weight is 263 g/mol. The van der Waals surface area contributed by atoms with Crippen LogP contribution >= 0.6 is 11.6 Å². The second kappa shape index (κ2) is 6.23. The van der Waals surface area contributed by atoms with Crippen LogP contribution in [-0.4, -0.2) is 14.0 Å². The van der Waals surface area contributed by atoms with Crippen LogP contribution in [0.2, 0.25) is 0 Å². The molecule has 0 aliphatic heterocycles. The Kier molecular flexibility index (Phi) is 5.25. The van der Waals surface area contributed by atoms with E-state index in [9.17, 15) is 8.42 Å². The Hall–Kier alpha value is -0.580. The number of rotatable bonds is 6. The zero-order valence-corrected chi connectivity index (χ0v) is 10.7. The molecule has 0 aliphatic carbocycles. The molecule has 3 nitrogen and oxygen atoms in total. The van der Waals surface area contributed by atoms with Crippen LogP contribution in [0, 0.1) is 0 Å². The number of hydrogen-bond acceptors (Lipinski definition) is 3. The molecular formula is C11H15ClO3S. The van der Waals surface area contributed by atoms with Crippen molar-refractivity contribution in [3.8, 4) is 0 Å². The summed E-state index contributed by atoms with van der Waals surface area (Å²) in [5.74, 6) is 0. The fourth-order valence-electron chi connectivity index (χ4n) is 1.19. The van der Waals surface area contributed by atoms with Gasteiger partial charge in [-0.1, -0.05) is 43.1 Å². The highest BCUT2D eigenvalue weighted by Crippen LogP contribution is 2.18. The maximum absolute atomic E-state index is 11.7. The molecule has 0 fully saturated rings. The minimum atomic E-state index is -3.72. The first kappa shape index (κ1) is 13.5. The Morgan fingerprint density at radius 1 is 1.31 bits per heavy atom. The van der Waals surface area contributed by atoms with Gasteiger partial charge in [0.05, 0.1) is 4.90 Å². The van der Waals surface area contributed by atoms with Gasteiger partial charge in [0.1, 0.15) is 0 Å². The Balaban J connectivity index is 2.66. The van der Waals surface area contributed by atoms with Gasteiger partial charge in [-0.05, 0) is 25.0 Å². The van der Waals surface area contributed by atoms with Gasteiger partial charge in [0.15, 0.2) is 5.56 Å². The summed E-state index contributed by atoms with van der Waals surface area (Å²) in [7, 11) is -3.72. The maximum atomic E-state index is 11.7. The largest absolute Gasteiger partial charge is 0.298 e. The van der Waals surface area contributed by atoms with Crippen molar-refractivity contribution >= 4 is 21.7 Å². The molecule has 0 aliphatic rings. The molecule has 0 heterocycles. The van der Waals surface area contributed by atoms with Gasteiger partial charge in [0.25, 0.3) is 10.1 Å². The van der Waals surface area contributed by atoms with Crippen molar-refractivity contribution in [2.75, 3.05) is 0 Å². The number of halogens is 1. The van der Waals surface area contributed by atoms with Crippen LogP contribution in [0.15, 0.2) is 35.2 Å². The van der Waals surface area contributed by atoms with Crippen LogP contribution in [0.5, 0.6) is 0 Å². The van der Waals surface area contributed by atoms with Crippen molar-refractivity contribution in [1.82, 2.24) is 0 Å². The summed E-state index contributed by atoms with van der Waals surface area (Å²) in [6.07, 6.45) is 2.33. The number of unbranched alkanes of at least 4 members (excludes halogenated alkanes) is 1. The third kappa shape index (κ3) is 4.12. The molecule has 1 unspecified atom stereocenters. The minimum Gasteiger partial charge on any atom is -0.247 e. The summed E-state index contributed by atoms with van der Waals surface area (Å²) in [4.78, 5) is 0.136. The van der Waals surface area contributed by atoms with Gasteiger partial charge in [-0.15, -0.1) is 0 Å². The van der Waals surface area contributed by atoms with Gasteiger partial charge in [0, 0.05) is 0 Å². The third-order valence-corrected chi connectivity index (χ3v) is 3.80.